The van der Waals surface area contributed by atoms with Crippen LogP contribution in [0.25, 0.3) is 10.1 Å². The van der Waals surface area contributed by atoms with E-state index in [-0.39, 0.29) is 18.3 Å². The third-order valence-electron chi connectivity index (χ3n) is 3.99. The standard InChI is InChI=1S/C21H21NO3S/c1-2-3-13-25-21(24)19-16-11-7-8-12-17(16)26-20(19)22-18(23)14-15-9-5-4-6-10-15/h4-12H,2-3,13-14H2,1H3,(H,22,23). The van der Waals surface area contributed by atoms with E-state index >= 15 is 0 Å². The molecule has 134 valence electrons. The van der Waals surface area contributed by atoms with Gasteiger partial charge < -0.3 is 10.1 Å². The number of unbranched alkanes of at least 4 members (excludes halogenated alkanes) is 1. The maximum absolute atomic E-state index is 12.6. The van der Waals surface area contributed by atoms with Crippen LogP contribution in [0.4, 0.5) is 5.00 Å². The maximum Gasteiger partial charge on any atom is 0.341 e. The Labute approximate surface area is 156 Å². The molecular weight excluding hydrogens is 346 g/mol. The fraction of sp³-hybridized carbons (Fsp3) is 0.238. The molecule has 26 heavy (non-hydrogen) atoms. The lowest BCUT2D eigenvalue weighted by atomic mass is 10.1. The van der Waals surface area contributed by atoms with Crippen molar-refractivity contribution in [1.29, 1.82) is 0 Å². The Morgan fingerprint density at radius 2 is 1.77 bits per heavy atom. The van der Waals surface area contributed by atoms with Gasteiger partial charge in [-0.05, 0) is 18.1 Å². The maximum atomic E-state index is 12.6. The van der Waals surface area contributed by atoms with Gasteiger partial charge >= 0.3 is 5.97 Å². The average molecular weight is 367 g/mol. The van der Waals surface area contributed by atoms with Crippen LogP contribution in [0.2, 0.25) is 0 Å². The Morgan fingerprint density at radius 1 is 1.04 bits per heavy atom. The van der Waals surface area contributed by atoms with Gasteiger partial charge in [0.2, 0.25) is 5.91 Å². The summed E-state index contributed by atoms with van der Waals surface area (Å²) in [5.74, 6) is -0.531. The Hall–Kier alpha value is -2.66. The van der Waals surface area contributed by atoms with E-state index < -0.39 is 0 Å². The lowest BCUT2D eigenvalue weighted by molar-refractivity contribution is -0.115. The van der Waals surface area contributed by atoms with Gasteiger partial charge in [0.1, 0.15) is 10.6 Å². The summed E-state index contributed by atoms with van der Waals surface area (Å²) in [6.45, 7) is 2.43. The third-order valence-corrected chi connectivity index (χ3v) is 5.08. The average Bonchev–Trinajstić information content (AvgIpc) is 3.00. The molecular formula is C21H21NO3S. The molecule has 0 aliphatic rings. The van der Waals surface area contributed by atoms with E-state index in [1.54, 1.807) is 0 Å². The van der Waals surface area contributed by atoms with Crippen LogP contribution in [0.1, 0.15) is 35.7 Å². The number of benzene rings is 2. The minimum absolute atomic E-state index is 0.148. The molecule has 4 nitrogen and oxygen atoms in total. The van der Waals surface area contributed by atoms with E-state index in [1.165, 1.54) is 11.3 Å². The Kier molecular flexibility index (Phi) is 6.02. The second kappa shape index (κ2) is 8.63. The molecule has 1 amide bonds. The molecule has 0 aliphatic heterocycles. The molecule has 0 aliphatic carbocycles. The molecule has 0 radical (unpaired) electrons. The molecule has 0 fully saturated rings. The van der Waals surface area contributed by atoms with Gasteiger partial charge in [-0.1, -0.05) is 61.9 Å². The van der Waals surface area contributed by atoms with Crippen molar-refractivity contribution in [3.8, 4) is 0 Å². The fourth-order valence-electron chi connectivity index (χ4n) is 2.67. The number of rotatable bonds is 7. The highest BCUT2D eigenvalue weighted by Gasteiger charge is 2.21. The number of nitrogens with one attached hydrogen (secondary N) is 1. The Morgan fingerprint density at radius 3 is 2.54 bits per heavy atom. The van der Waals surface area contributed by atoms with Crippen molar-refractivity contribution in [3.05, 3.63) is 65.7 Å². The molecule has 3 rings (SSSR count). The number of carbonyl (C=O) groups excluding carboxylic acids is 2. The predicted molar refractivity (Wildman–Crippen MR) is 106 cm³/mol. The molecule has 0 atom stereocenters. The number of esters is 1. The van der Waals surface area contributed by atoms with E-state index in [2.05, 4.69) is 5.32 Å². The summed E-state index contributed by atoms with van der Waals surface area (Å²) >= 11 is 1.40. The summed E-state index contributed by atoms with van der Waals surface area (Å²) in [4.78, 5) is 25.0. The lowest BCUT2D eigenvalue weighted by Gasteiger charge is -2.08. The second-order valence-corrected chi connectivity index (χ2v) is 7.05. The van der Waals surface area contributed by atoms with Crippen molar-refractivity contribution >= 4 is 38.3 Å². The van der Waals surface area contributed by atoms with Crippen molar-refractivity contribution in [1.82, 2.24) is 0 Å². The van der Waals surface area contributed by atoms with Crippen LogP contribution >= 0.6 is 11.3 Å². The first kappa shape index (κ1) is 18.1. The van der Waals surface area contributed by atoms with Gasteiger partial charge in [0.15, 0.2) is 0 Å². The minimum Gasteiger partial charge on any atom is -0.462 e. The highest BCUT2D eigenvalue weighted by atomic mass is 32.1. The fourth-order valence-corrected chi connectivity index (χ4v) is 3.78. The van der Waals surface area contributed by atoms with Gasteiger partial charge in [0.25, 0.3) is 0 Å². The van der Waals surface area contributed by atoms with Crippen LogP contribution < -0.4 is 5.32 Å². The highest BCUT2D eigenvalue weighted by molar-refractivity contribution is 7.23. The zero-order valence-electron chi connectivity index (χ0n) is 14.7. The van der Waals surface area contributed by atoms with Crippen LogP contribution in [-0.2, 0) is 16.0 Å². The minimum atomic E-state index is -0.383. The molecule has 1 N–H and O–H groups in total. The van der Waals surface area contributed by atoms with Crippen molar-refractivity contribution in [3.63, 3.8) is 0 Å². The van der Waals surface area contributed by atoms with Crippen LogP contribution in [0.5, 0.6) is 0 Å². The molecule has 1 heterocycles. The summed E-state index contributed by atoms with van der Waals surface area (Å²) in [5, 5.41) is 4.26. The van der Waals surface area contributed by atoms with Crippen molar-refractivity contribution in [2.45, 2.75) is 26.2 Å². The van der Waals surface area contributed by atoms with Crippen molar-refractivity contribution in [2.75, 3.05) is 11.9 Å². The van der Waals surface area contributed by atoms with Crippen LogP contribution in [0.3, 0.4) is 0 Å². The number of fused-ring (bicyclic) bond motifs is 1. The first-order valence-corrected chi connectivity index (χ1v) is 9.53. The molecule has 1 aromatic heterocycles. The van der Waals surface area contributed by atoms with Crippen molar-refractivity contribution in [2.24, 2.45) is 0 Å². The first-order chi connectivity index (χ1) is 12.7. The first-order valence-electron chi connectivity index (χ1n) is 8.71. The lowest BCUT2D eigenvalue weighted by Crippen LogP contribution is -2.16. The second-order valence-electron chi connectivity index (χ2n) is 6.00. The monoisotopic (exact) mass is 367 g/mol. The van der Waals surface area contributed by atoms with E-state index in [4.69, 9.17) is 4.74 Å². The molecule has 0 unspecified atom stereocenters. The van der Waals surface area contributed by atoms with Gasteiger partial charge in [-0.3, -0.25) is 4.79 Å². The molecule has 0 spiro atoms. The predicted octanol–water partition coefficient (Wildman–Crippen LogP) is 5.04. The van der Waals surface area contributed by atoms with Crippen LogP contribution in [0, 0.1) is 0 Å². The number of ether oxygens (including phenoxy) is 1. The number of hydrogen-bond donors (Lipinski definition) is 1. The molecule has 3 aromatic rings. The Balaban J connectivity index is 1.83. The van der Waals surface area contributed by atoms with E-state index in [9.17, 15) is 9.59 Å². The van der Waals surface area contributed by atoms with Crippen LogP contribution in [0.15, 0.2) is 54.6 Å². The largest absolute Gasteiger partial charge is 0.462 e. The highest BCUT2D eigenvalue weighted by Crippen LogP contribution is 2.36. The van der Waals surface area contributed by atoms with Gasteiger partial charge in [-0.25, -0.2) is 4.79 Å². The summed E-state index contributed by atoms with van der Waals surface area (Å²) < 4.78 is 6.34. The molecule has 0 saturated carbocycles. The Bertz CT molecular complexity index is 902. The summed E-state index contributed by atoms with van der Waals surface area (Å²) in [5.41, 5.74) is 1.38. The van der Waals surface area contributed by atoms with Gasteiger partial charge in [0, 0.05) is 10.1 Å². The van der Waals surface area contributed by atoms with E-state index in [1.807, 2.05) is 61.5 Å². The summed E-state index contributed by atoms with van der Waals surface area (Å²) in [6.07, 6.45) is 2.04. The van der Waals surface area contributed by atoms with Crippen molar-refractivity contribution < 1.29 is 14.3 Å². The molecule has 0 bridgehead atoms. The number of amides is 1. The van der Waals surface area contributed by atoms with Gasteiger partial charge in [-0.2, -0.15) is 0 Å². The SMILES string of the molecule is CCCCOC(=O)c1c(NC(=O)Cc2ccccc2)sc2ccccc12. The number of carbonyl (C=O) groups is 2. The third kappa shape index (κ3) is 4.29. The molecule has 2 aromatic carbocycles. The van der Waals surface area contributed by atoms with Gasteiger partial charge in [-0.15, -0.1) is 11.3 Å². The number of thiophene rings is 1. The van der Waals surface area contributed by atoms with Crippen LogP contribution in [-0.4, -0.2) is 18.5 Å². The summed E-state index contributed by atoms with van der Waals surface area (Å²) in [6, 6.07) is 17.2. The topological polar surface area (TPSA) is 55.4 Å². The quantitative estimate of drug-likeness (QED) is 0.470. The molecule has 5 heteroatoms. The van der Waals surface area contributed by atoms with Gasteiger partial charge in [0.05, 0.1) is 13.0 Å². The number of hydrogen-bond acceptors (Lipinski definition) is 4. The normalized spacial score (nSPS) is 10.7. The summed E-state index contributed by atoms with van der Waals surface area (Å²) in [7, 11) is 0. The smallest absolute Gasteiger partial charge is 0.341 e. The zero-order chi connectivity index (χ0) is 18.4. The van der Waals surface area contributed by atoms with E-state index in [0.29, 0.717) is 17.2 Å². The number of anilines is 1. The molecule has 0 saturated heterocycles. The zero-order valence-corrected chi connectivity index (χ0v) is 15.5. The van der Waals surface area contributed by atoms with E-state index in [0.717, 1.165) is 28.5 Å².